The van der Waals surface area contributed by atoms with Crippen molar-refractivity contribution in [2.24, 2.45) is 0 Å². The number of aromatic nitrogens is 1. The van der Waals surface area contributed by atoms with Gasteiger partial charge in [0.25, 0.3) is 0 Å². The molecule has 4 rings (SSSR count). The molecule has 0 spiro atoms. The van der Waals surface area contributed by atoms with Crippen molar-refractivity contribution in [3.05, 3.63) is 71.5 Å². The maximum absolute atomic E-state index is 13.9. The molecule has 0 fully saturated rings. The molecule has 1 amide bonds. The molecule has 5 heteroatoms. The van der Waals surface area contributed by atoms with E-state index in [0.29, 0.717) is 30.1 Å². The summed E-state index contributed by atoms with van der Waals surface area (Å²) in [7, 11) is 0. The zero-order valence-electron chi connectivity index (χ0n) is 15.2. The highest BCUT2D eigenvalue weighted by Gasteiger charge is 2.22. The van der Waals surface area contributed by atoms with Crippen LogP contribution in [-0.4, -0.2) is 17.4 Å². The Bertz CT molecular complexity index is 980. The van der Waals surface area contributed by atoms with Crippen molar-refractivity contribution < 1.29 is 13.6 Å². The number of nitrogens with zero attached hydrogens (tertiary/aromatic N) is 2. The van der Waals surface area contributed by atoms with Gasteiger partial charge in [0, 0.05) is 25.1 Å². The van der Waals surface area contributed by atoms with Gasteiger partial charge in [-0.1, -0.05) is 29.8 Å². The fourth-order valence-electron chi connectivity index (χ4n) is 3.55. The van der Waals surface area contributed by atoms with Crippen LogP contribution >= 0.6 is 0 Å². The number of oxazole rings is 1. The molecule has 1 aliphatic heterocycles. The van der Waals surface area contributed by atoms with E-state index in [-0.39, 0.29) is 11.7 Å². The largest absolute Gasteiger partial charge is 0.441 e. The molecule has 4 nitrogen and oxygen atoms in total. The Morgan fingerprint density at radius 2 is 2.11 bits per heavy atom. The summed E-state index contributed by atoms with van der Waals surface area (Å²) in [4.78, 5) is 18.8. The molecule has 0 unspecified atom stereocenters. The molecule has 1 aromatic heterocycles. The number of rotatable bonds is 4. The van der Waals surface area contributed by atoms with Crippen molar-refractivity contribution in [3.8, 4) is 11.3 Å². The topological polar surface area (TPSA) is 46.3 Å². The van der Waals surface area contributed by atoms with Crippen molar-refractivity contribution in [2.45, 2.75) is 32.6 Å². The monoisotopic (exact) mass is 364 g/mol. The lowest BCUT2D eigenvalue weighted by Gasteiger charge is -2.29. The quantitative estimate of drug-likeness (QED) is 0.674. The lowest BCUT2D eigenvalue weighted by Crippen LogP contribution is -2.35. The van der Waals surface area contributed by atoms with Gasteiger partial charge in [-0.15, -0.1) is 0 Å². The van der Waals surface area contributed by atoms with E-state index in [1.807, 2.05) is 17.0 Å². The smallest absolute Gasteiger partial charge is 0.227 e. The van der Waals surface area contributed by atoms with Crippen LogP contribution in [0, 0.1) is 12.7 Å². The molecule has 3 aromatic rings. The predicted octanol–water partition coefficient (Wildman–Crippen LogP) is 4.70. The number of halogens is 1. The first kappa shape index (κ1) is 17.5. The molecule has 138 valence electrons. The Labute approximate surface area is 157 Å². The first-order valence-corrected chi connectivity index (χ1v) is 9.21. The number of hydrogen-bond acceptors (Lipinski definition) is 3. The van der Waals surface area contributed by atoms with Gasteiger partial charge in [0.1, 0.15) is 5.82 Å². The summed E-state index contributed by atoms with van der Waals surface area (Å²) in [5, 5.41) is 0. The summed E-state index contributed by atoms with van der Waals surface area (Å²) in [5.74, 6) is 0.541. The Morgan fingerprint density at radius 1 is 1.26 bits per heavy atom. The Balaban J connectivity index is 1.44. The van der Waals surface area contributed by atoms with Crippen molar-refractivity contribution in [1.82, 2.24) is 4.98 Å². The molecule has 27 heavy (non-hydrogen) atoms. The zero-order valence-corrected chi connectivity index (χ0v) is 15.2. The fraction of sp³-hybridized carbons (Fsp3) is 0.273. The van der Waals surface area contributed by atoms with Crippen LogP contribution in [0.25, 0.3) is 11.3 Å². The van der Waals surface area contributed by atoms with E-state index in [1.165, 1.54) is 23.4 Å². The molecule has 0 saturated carbocycles. The molecule has 2 heterocycles. The minimum absolute atomic E-state index is 0.0606. The van der Waals surface area contributed by atoms with E-state index in [0.717, 1.165) is 25.1 Å². The zero-order chi connectivity index (χ0) is 18.8. The van der Waals surface area contributed by atoms with E-state index in [1.54, 1.807) is 18.2 Å². The van der Waals surface area contributed by atoms with Crippen molar-refractivity contribution in [2.75, 3.05) is 11.4 Å². The standard InChI is InChI=1S/C22H21FN2O2/c1-15-8-9-19-16(13-15)5-4-12-25(19)22(26)11-10-21-24-14-20(27-21)17-6-2-3-7-18(17)23/h2-3,6-9,13-14H,4-5,10-12H2,1H3. The third-order valence-electron chi connectivity index (χ3n) is 4.90. The second-order valence-corrected chi connectivity index (χ2v) is 6.88. The van der Waals surface area contributed by atoms with Gasteiger partial charge in [0.15, 0.2) is 11.7 Å². The third kappa shape index (κ3) is 3.63. The SMILES string of the molecule is Cc1ccc2c(c1)CCCN2C(=O)CCc1ncc(-c2ccccc2F)o1. The summed E-state index contributed by atoms with van der Waals surface area (Å²) >= 11 is 0. The molecule has 0 bridgehead atoms. The Morgan fingerprint density at radius 3 is 2.96 bits per heavy atom. The van der Waals surface area contributed by atoms with Crippen molar-refractivity contribution in [1.29, 1.82) is 0 Å². The van der Waals surface area contributed by atoms with Crippen LogP contribution in [0.2, 0.25) is 0 Å². The summed E-state index contributed by atoms with van der Waals surface area (Å²) in [6.07, 6.45) is 4.19. The van der Waals surface area contributed by atoms with E-state index in [9.17, 15) is 9.18 Å². The van der Waals surface area contributed by atoms with Crippen LogP contribution in [0.4, 0.5) is 10.1 Å². The van der Waals surface area contributed by atoms with Gasteiger partial charge in [0.2, 0.25) is 5.91 Å². The van der Waals surface area contributed by atoms with Crippen molar-refractivity contribution in [3.63, 3.8) is 0 Å². The van der Waals surface area contributed by atoms with Gasteiger partial charge < -0.3 is 9.32 Å². The first-order chi connectivity index (χ1) is 13.1. The average molecular weight is 364 g/mol. The first-order valence-electron chi connectivity index (χ1n) is 9.21. The second kappa shape index (κ2) is 7.35. The maximum atomic E-state index is 13.9. The van der Waals surface area contributed by atoms with Gasteiger partial charge in [-0.2, -0.15) is 0 Å². The molecule has 0 atom stereocenters. The minimum Gasteiger partial charge on any atom is -0.441 e. The van der Waals surface area contributed by atoms with Crippen LogP contribution < -0.4 is 4.90 Å². The number of aryl methyl sites for hydroxylation is 3. The number of benzene rings is 2. The molecule has 0 N–H and O–H groups in total. The highest BCUT2D eigenvalue weighted by molar-refractivity contribution is 5.94. The molecular formula is C22H21FN2O2. The van der Waals surface area contributed by atoms with Crippen LogP contribution in [0.5, 0.6) is 0 Å². The van der Waals surface area contributed by atoms with Gasteiger partial charge in [-0.05, 0) is 43.5 Å². The Hall–Kier alpha value is -2.95. The third-order valence-corrected chi connectivity index (χ3v) is 4.90. The second-order valence-electron chi connectivity index (χ2n) is 6.88. The normalized spacial score (nSPS) is 13.5. The van der Waals surface area contributed by atoms with Crippen LogP contribution in [-0.2, 0) is 17.6 Å². The number of hydrogen-bond donors (Lipinski definition) is 0. The van der Waals surface area contributed by atoms with E-state index >= 15 is 0 Å². The number of carbonyl (C=O) groups is 1. The lowest BCUT2D eigenvalue weighted by molar-refractivity contribution is -0.118. The average Bonchev–Trinajstić information content (AvgIpc) is 3.14. The van der Waals surface area contributed by atoms with Crippen LogP contribution in [0.1, 0.15) is 29.9 Å². The van der Waals surface area contributed by atoms with Crippen molar-refractivity contribution >= 4 is 11.6 Å². The summed E-state index contributed by atoms with van der Waals surface area (Å²) in [6.45, 7) is 2.80. The van der Waals surface area contributed by atoms with Crippen LogP contribution in [0.3, 0.4) is 0 Å². The minimum atomic E-state index is -0.350. The molecule has 0 saturated heterocycles. The number of anilines is 1. The molecule has 0 radical (unpaired) electrons. The maximum Gasteiger partial charge on any atom is 0.227 e. The van der Waals surface area contributed by atoms with E-state index in [4.69, 9.17) is 4.42 Å². The van der Waals surface area contributed by atoms with Gasteiger partial charge in [-0.3, -0.25) is 4.79 Å². The predicted molar refractivity (Wildman–Crippen MR) is 102 cm³/mol. The summed E-state index contributed by atoms with van der Waals surface area (Å²) < 4.78 is 19.5. The van der Waals surface area contributed by atoms with Gasteiger partial charge >= 0.3 is 0 Å². The molecule has 2 aromatic carbocycles. The van der Waals surface area contributed by atoms with E-state index in [2.05, 4.69) is 18.0 Å². The number of amides is 1. The molecular weight excluding hydrogens is 343 g/mol. The Kier molecular flexibility index (Phi) is 4.75. The summed E-state index contributed by atoms with van der Waals surface area (Å²) in [5.41, 5.74) is 3.83. The van der Waals surface area contributed by atoms with Crippen LogP contribution in [0.15, 0.2) is 53.1 Å². The molecule has 1 aliphatic rings. The molecule has 0 aliphatic carbocycles. The lowest BCUT2D eigenvalue weighted by atomic mass is 9.99. The fourth-order valence-corrected chi connectivity index (χ4v) is 3.55. The highest BCUT2D eigenvalue weighted by Crippen LogP contribution is 2.29. The number of fused-ring (bicyclic) bond motifs is 1. The number of carbonyl (C=O) groups excluding carboxylic acids is 1. The van der Waals surface area contributed by atoms with E-state index < -0.39 is 0 Å². The van der Waals surface area contributed by atoms with Gasteiger partial charge in [0.05, 0.1) is 11.8 Å². The van der Waals surface area contributed by atoms with Gasteiger partial charge in [-0.25, -0.2) is 9.37 Å². The summed E-state index contributed by atoms with van der Waals surface area (Å²) in [6, 6.07) is 12.6. The highest BCUT2D eigenvalue weighted by atomic mass is 19.1.